The van der Waals surface area contributed by atoms with Gasteiger partial charge < -0.3 is 19.5 Å². The van der Waals surface area contributed by atoms with Crippen LogP contribution in [-0.2, 0) is 4.79 Å². The number of methoxy groups -OCH3 is 2. The number of amides is 1. The Kier molecular flexibility index (Phi) is 5.86. The fourth-order valence-corrected chi connectivity index (χ4v) is 2.41. The molecular formula is C18H21NO4. The Labute approximate surface area is 136 Å². The van der Waals surface area contributed by atoms with E-state index in [0.717, 1.165) is 16.9 Å². The molecule has 2 aromatic carbocycles. The molecule has 1 atom stereocenters. The molecule has 5 nitrogen and oxygen atoms in total. The van der Waals surface area contributed by atoms with Crippen molar-refractivity contribution in [3.63, 3.8) is 0 Å². The van der Waals surface area contributed by atoms with Crippen molar-refractivity contribution in [3.8, 4) is 17.2 Å². The first-order valence-corrected chi connectivity index (χ1v) is 7.37. The van der Waals surface area contributed by atoms with Gasteiger partial charge in [0.1, 0.15) is 5.75 Å². The van der Waals surface area contributed by atoms with Gasteiger partial charge in [0, 0.05) is 0 Å². The van der Waals surface area contributed by atoms with E-state index in [1.807, 2.05) is 49.4 Å². The number of nitrogens with one attached hydrogen (secondary N) is 1. The number of hydrogen-bond acceptors (Lipinski definition) is 4. The predicted octanol–water partition coefficient (Wildman–Crippen LogP) is 2.94. The summed E-state index contributed by atoms with van der Waals surface area (Å²) < 4.78 is 16.0. The number of carbonyl (C=O) groups is 1. The quantitative estimate of drug-likeness (QED) is 0.761. The van der Waals surface area contributed by atoms with Crippen LogP contribution < -0.4 is 19.5 Å². The number of benzene rings is 2. The van der Waals surface area contributed by atoms with Gasteiger partial charge in [-0.15, -0.1) is 0 Å². The van der Waals surface area contributed by atoms with Crippen molar-refractivity contribution in [1.29, 1.82) is 0 Å². The van der Waals surface area contributed by atoms with Crippen molar-refractivity contribution >= 4 is 6.41 Å². The number of ether oxygens (including phenoxy) is 3. The highest BCUT2D eigenvalue weighted by Gasteiger charge is 2.16. The standard InChI is InChI=1S/C18H21NO4/c1-4-23-15-8-5-13(6-9-15)18(19-12-20)14-7-10-16(21-2)17(11-14)22-3/h5-12,18H,4H2,1-3H3,(H,19,20). The predicted molar refractivity (Wildman–Crippen MR) is 88.2 cm³/mol. The highest BCUT2D eigenvalue weighted by molar-refractivity contribution is 5.53. The Morgan fingerprint density at radius 3 is 2.22 bits per heavy atom. The van der Waals surface area contributed by atoms with Gasteiger partial charge in [0.25, 0.3) is 0 Å². The topological polar surface area (TPSA) is 56.8 Å². The van der Waals surface area contributed by atoms with Gasteiger partial charge in [-0.05, 0) is 42.3 Å². The second kappa shape index (κ2) is 8.08. The van der Waals surface area contributed by atoms with Gasteiger partial charge in [-0.2, -0.15) is 0 Å². The zero-order chi connectivity index (χ0) is 16.7. The fraction of sp³-hybridized carbons (Fsp3) is 0.278. The maximum Gasteiger partial charge on any atom is 0.207 e. The molecule has 2 rings (SSSR count). The van der Waals surface area contributed by atoms with Crippen molar-refractivity contribution in [2.24, 2.45) is 0 Å². The molecule has 23 heavy (non-hydrogen) atoms. The van der Waals surface area contributed by atoms with Crippen LogP contribution in [0.1, 0.15) is 24.1 Å². The summed E-state index contributed by atoms with van der Waals surface area (Å²) in [4.78, 5) is 11.0. The van der Waals surface area contributed by atoms with Crippen LogP contribution in [0.4, 0.5) is 0 Å². The van der Waals surface area contributed by atoms with Gasteiger partial charge >= 0.3 is 0 Å². The molecule has 1 amide bonds. The third-order valence-corrected chi connectivity index (χ3v) is 3.50. The minimum Gasteiger partial charge on any atom is -0.494 e. The second-order valence-corrected chi connectivity index (χ2v) is 4.83. The normalized spacial score (nSPS) is 11.4. The van der Waals surface area contributed by atoms with Crippen molar-refractivity contribution in [3.05, 3.63) is 53.6 Å². The molecule has 0 aromatic heterocycles. The van der Waals surface area contributed by atoms with E-state index < -0.39 is 0 Å². The molecule has 0 aliphatic heterocycles. The molecule has 0 aliphatic carbocycles. The van der Waals surface area contributed by atoms with Crippen molar-refractivity contribution in [1.82, 2.24) is 5.32 Å². The average Bonchev–Trinajstić information content (AvgIpc) is 2.60. The molecule has 0 heterocycles. The first-order valence-electron chi connectivity index (χ1n) is 7.37. The van der Waals surface area contributed by atoms with Gasteiger partial charge in [-0.1, -0.05) is 18.2 Å². The molecule has 2 aromatic rings. The van der Waals surface area contributed by atoms with Gasteiger partial charge in [0.2, 0.25) is 6.41 Å². The number of rotatable bonds is 8. The van der Waals surface area contributed by atoms with Gasteiger partial charge in [0.05, 0.1) is 26.9 Å². The Morgan fingerprint density at radius 1 is 1.00 bits per heavy atom. The van der Waals surface area contributed by atoms with E-state index in [-0.39, 0.29) is 6.04 Å². The second-order valence-electron chi connectivity index (χ2n) is 4.83. The lowest BCUT2D eigenvalue weighted by Gasteiger charge is -2.19. The van der Waals surface area contributed by atoms with E-state index in [1.165, 1.54) is 0 Å². The van der Waals surface area contributed by atoms with Gasteiger partial charge in [-0.25, -0.2) is 0 Å². The molecule has 0 saturated carbocycles. The molecule has 0 saturated heterocycles. The Balaban J connectivity index is 2.35. The molecule has 1 N–H and O–H groups in total. The lowest BCUT2D eigenvalue weighted by molar-refractivity contribution is -0.110. The first kappa shape index (κ1) is 16.7. The summed E-state index contributed by atoms with van der Waals surface area (Å²) >= 11 is 0. The zero-order valence-electron chi connectivity index (χ0n) is 13.5. The minimum atomic E-state index is -0.275. The minimum absolute atomic E-state index is 0.275. The number of carbonyl (C=O) groups excluding carboxylic acids is 1. The summed E-state index contributed by atoms with van der Waals surface area (Å²) in [5.41, 5.74) is 1.85. The molecule has 0 bridgehead atoms. The summed E-state index contributed by atoms with van der Waals surface area (Å²) in [6.07, 6.45) is 0.692. The summed E-state index contributed by atoms with van der Waals surface area (Å²) in [6, 6.07) is 12.9. The molecular weight excluding hydrogens is 294 g/mol. The van der Waals surface area contributed by atoms with Crippen LogP contribution in [0.5, 0.6) is 17.2 Å². The van der Waals surface area contributed by atoms with E-state index in [1.54, 1.807) is 14.2 Å². The van der Waals surface area contributed by atoms with Gasteiger partial charge in [-0.3, -0.25) is 4.79 Å². The molecule has 0 spiro atoms. The Hall–Kier alpha value is -2.69. The van der Waals surface area contributed by atoms with Crippen LogP contribution in [0.2, 0.25) is 0 Å². The number of hydrogen-bond donors (Lipinski definition) is 1. The van der Waals surface area contributed by atoms with Crippen molar-refractivity contribution in [2.75, 3.05) is 20.8 Å². The van der Waals surface area contributed by atoms with Crippen LogP contribution >= 0.6 is 0 Å². The van der Waals surface area contributed by atoms with E-state index in [0.29, 0.717) is 24.5 Å². The monoisotopic (exact) mass is 315 g/mol. The lowest BCUT2D eigenvalue weighted by Crippen LogP contribution is -2.20. The van der Waals surface area contributed by atoms with Crippen molar-refractivity contribution in [2.45, 2.75) is 13.0 Å². The summed E-state index contributed by atoms with van der Waals surface area (Å²) in [7, 11) is 3.17. The van der Waals surface area contributed by atoms with Crippen LogP contribution in [0.3, 0.4) is 0 Å². The van der Waals surface area contributed by atoms with E-state index in [4.69, 9.17) is 14.2 Å². The van der Waals surface area contributed by atoms with E-state index >= 15 is 0 Å². The molecule has 0 radical (unpaired) electrons. The summed E-state index contributed by atoms with van der Waals surface area (Å²) in [5.74, 6) is 2.06. The molecule has 122 valence electrons. The largest absolute Gasteiger partial charge is 0.494 e. The first-order chi connectivity index (χ1) is 11.2. The maximum atomic E-state index is 11.0. The maximum absolute atomic E-state index is 11.0. The Bertz CT molecular complexity index is 640. The molecule has 0 aliphatic rings. The van der Waals surface area contributed by atoms with Crippen LogP contribution in [0, 0.1) is 0 Å². The van der Waals surface area contributed by atoms with Crippen molar-refractivity contribution < 1.29 is 19.0 Å². The fourth-order valence-electron chi connectivity index (χ4n) is 2.41. The highest BCUT2D eigenvalue weighted by Crippen LogP contribution is 2.32. The van der Waals surface area contributed by atoms with Gasteiger partial charge in [0.15, 0.2) is 11.5 Å². The molecule has 1 unspecified atom stereocenters. The van der Waals surface area contributed by atoms with Crippen LogP contribution in [-0.4, -0.2) is 27.2 Å². The van der Waals surface area contributed by atoms with E-state index in [9.17, 15) is 4.79 Å². The lowest BCUT2D eigenvalue weighted by atomic mass is 9.98. The molecule has 0 fully saturated rings. The highest BCUT2D eigenvalue weighted by atomic mass is 16.5. The smallest absolute Gasteiger partial charge is 0.207 e. The third-order valence-electron chi connectivity index (χ3n) is 3.50. The SMILES string of the molecule is CCOc1ccc(C(NC=O)c2ccc(OC)c(OC)c2)cc1. The van der Waals surface area contributed by atoms with Crippen LogP contribution in [0.15, 0.2) is 42.5 Å². The summed E-state index contributed by atoms with van der Waals surface area (Å²) in [5, 5.41) is 2.84. The van der Waals surface area contributed by atoms with E-state index in [2.05, 4.69) is 5.32 Å². The molecule has 5 heteroatoms. The zero-order valence-corrected chi connectivity index (χ0v) is 13.5. The third kappa shape index (κ3) is 3.94. The average molecular weight is 315 g/mol. The Morgan fingerprint density at radius 2 is 1.65 bits per heavy atom. The van der Waals surface area contributed by atoms with Crippen LogP contribution in [0.25, 0.3) is 0 Å². The summed E-state index contributed by atoms with van der Waals surface area (Å²) in [6.45, 7) is 2.55.